The third-order valence-electron chi connectivity index (χ3n) is 11.3. The average molecular weight is 953 g/mol. The molecule has 1 amide bonds. The number of nitrogens with zero attached hydrogens (tertiary/aromatic N) is 2. The fraction of sp³-hybridized carbons (Fsp3) is 0.327. The Bertz CT molecular complexity index is 2450. The molecule has 0 spiro atoms. The Balaban J connectivity index is 0.000000173. The van der Waals surface area contributed by atoms with Gasteiger partial charge in [0.1, 0.15) is 37.1 Å². The van der Waals surface area contributed by atoms with Gasteiger partial charge in [0.25, 0.3) is 5.91 Å². The zero-order valence-electron chi connectivity index (χ0n) is 37.7. The average Bonchev–Trinajstić information content (AvgIpc) is 3.71. The summed E-state index contributed by atoms with van der Waals surface area (Å²) in [6.07, 6.45) is -8.80. The molecule has 0 radical (unpaired) electrons. The predicted molar refractivity (Wildman–Crippen MR) is 238 cm³/mol. The number of hydrogen-bond donors (Lipinski definition) is 3. The topological polar surface area (TPSA) is 148 Å². The van der Waals surface area contributed by atoms with E-state index in [0.29, 0.717) is 59.7 Å². The molecule has 0 fully saturated rings. The Hall–Kier alpha value is -6.99. The van der Waals surface area contributed by atoms with Gasteiger partial charge in [-0.3, -0.25) is 10.0 Å². The van der Waals surface area contributed by atoms with Crippen molar-refractivity contribution in [3.63, 3.8) is 0 Å². The third kappa shape index (κ3) is 12.5. The minimum atomic E-state index is -4.41. The molecule has 13 nitrogen and oxygen atoms in total. The van der Waals surface area contributed by atoms with E-state index in [0.717, 1.165) is 53.3 Å². The molecule has 3 atom stereocenters. The van der Waals surface area contributed by atoms with Gasteiger partial charge in [0, 0.05) is 59.3 Å². The zero-order valence-corrected chi connectivity index (χ0v) is 37.7. The van der Waals surface area contributed by atoms with Gasteiger partial charge in [-0.2, -0.15) is 26.3 Å². The molecule has 8 rings (SSSR count). The molecule has 3 aliphatic heterocycles. The highest BCUT2D eigenvalue weighted by molar-refractivity contribution is 5.94. The number of rotatable bonds is 5. The number of hydroxylamine groups is 1. The number of carbonyl (C=O) groups excluding carboxylic acids is 3. The molecular formula is C49H50F6N4O9. The van der Waals surface area contributed by atoms with Crippen LogP contribution in [0.3, 0.4) is 0 Å². The first-order valence-corrected chi connectivity index (χ1v) is 21.3. The van der Waals surface area contributed by atoms with E-state index in [4.69, 9.17) is 24.2 Å². The molecule has 0 saturated carbocycles. The summed E-state index contributed by atoms with van der Waals surface area (Å²) in [6.45, 7) is 8.41. The maximum Gasteiger partial charge on any atom is 0.416 e. The van der Waals surface area contributed by atoms with Gasteiger partial charge in [-0.15, -0.1) is 0 Å². The lowest BCUT2D eigenvalue weighted by Crippen LogP contribution is -2.35. The molecule has 362 valence electrons. The molecule has 3 aliphatic rings. The fourth-order valence-corrected chi connectivity index (χ4v) is 7.42. The smallest absolute Gasteiger partial charge is 0.416 e. The van der Waals surface area contributed by atoms with Crippen LogP contribution in [0.15, 0.2) is 103 Å². The molecule has 5 aromatic carbocycles. The van der Waals surface area contributed by atoms with E-state index in [-0.39, 0.29) is 36.8 Å². The summed E-state index contributed by atoms with van der Waals surface area (Å²) >= 11 is 0. The fourth-order valence-electron chi connectivity index (χ4n) is 7.42. The van der Waals surface area contributed by atoms with Crippen molar-refractivity contribution in [3.05, 3.63) is 148 Å². The maximum absolute atomic E-state index is 13.0. The Labute approximate surface area is 388 Å². The number of alkyl halides is 6. The third-order valence-corrected chi connectivity index (χ3v) is 11.3. The number of esters is 2. The van der Waals surface area contributed by atoms with Crippen molar-refractivity contribution in [2.45, 2.75) is 70.9 Å². The first-order valence-electron chi connectivity index (χ1n) is 21.3. The number of methoxy groups -OCH3 is 2. The van der Waals surface area contributed by atoms with Crippen LogP contribution in [-0.2, 0) is 41.5 Å². The van der Waals surface area contributed by atoms with Crippen LogP contribution in [0, 0.1) is 0 Å². The highest BCUT2D eigenvalue weighted by atomic mass is 19.4. The minimum Gasteiger partial charge on any atom is -0.492 e. The molecule has 19 heteroatoms. The number of nitrogens with one attached hydrogen (secondary N) is 2. The monoisotopic (exact) mass is 952 g/mol. The number of benzene rings is 5. The number of halogens is 6. The minimum absolute atomic E-state index is 0.146. The maximum atomic E-state index is 13.0. The van der Waals surface area contributed by atoms with E-state index in [1.807, 2.05) is 29.7 Å². The van der Waals surface area contributed by atoms with Gasteiger partial charge < -0.3 is 38.8 Å². The van der Waals surface area contributed by atoms with Crippen molar-refractivity contribution in [3.8, 4) is 17.2 Å². The van der Waals surface area contributed by atoms with E-state index in [9.17, 15) is 40.7 Å². The lowest BCUT2D eigenvalue weighted by molar-refractivity contribution is -0.138. The van der Waals surface area contributed by atoms with Crippen molar-refractivity contribution >= 4 is 29.2 Å². The second-order valence-corrected chi connectivity index (χ2v) is 16.2. The molecular weight excluding hydrogens is 903 g/mol. The van der Waals surface area contributed by atoms with Crippen molar-refractivity contribution in [2.24, 2.45) is 0 Å². The van der Waals surface area contributed by atoms with Crippen molar-refractivity contribution < 1.29 is 69.6 Å². The SMILES string of the molecule is COC(=O)c1ccc2c(c1)OC[C@H](C)N(c1cccc(C(F)(F)F)c1)C2.COC(=O)c1ccc2c(c1)OC[C@H](C)NC2.C[C@H]1COc2cc(C(=O)NO)ccc2CN1c1cccc(C(F)(F)F)c1. The van der Waals surface area contributed by atoms with Gasteiger partial charge >= 0.3 is 24.3 Å². The van der Waals surface area contributed by atoms with Crippen LogP contribution in [0.5, 0.6) is 17.2 Å². The molecule has 0 aromatic heterocycles. The van der Waals surface area contributed by atoms with Crippen LogP contribution in [-0.4, -0.2) is 75.2 Å². The van der Waals surface area contributed by atoms with E-state index < -0.39 is 35.4 Å². The Morgan fingerprint density at radius 2 is 1.01 bits per heavy atom. The van der Waals surface area contributed by atoms with E-state index in [2.05, 4.69) is 17.0 Å². The second kappa shape index (κ2) is 21.8. The van der Waals surface area contributed by atoms with Crippen molar-refractivity contribution in [1.29, 1.82) is 0 Å². The van der Waals surface area contributed by atoms with Crippen LogP contribution >= 0.6 is 0 Å². The number of anilines is 2. The highest BCUT2D eigenvalue weighted by Crippen LogP contribution is 2.37. The lowest BCUT2D eigenvalue weighted by Gasteiger charge is -2.29. The normalized spacial score (nSPS) is 17.6. The number of carbonyl (C=O) groups is 3. The first-order chi connectivity index (χ1) is 32.3. The molecule has 0 aliphatic carbocycles. The molecule has 0 bridgehead atoms. The van der Waals surface area contributed by atoms with Crippen LogP contribution in [0.4, 0.5) is 37.7 Å². The predicted octanol–water partition coefficient (Wildman–Crippen LogP) is 9.24. The standard InChI is InChI=1S/C19H18F3NO3.C18H17F3N2O3.C12H15NO3/c1-12-11-26-17-8-13(18(24)25-2)6-7-14(17)10-23(12)16-5-3-4-15(9-16)19(20,21)22;1-11-10-26-16-7-12(17(24)22-25)5-6-13(16)9-23(11)15-4-2-3-14(8-15)18(19,20)21;1-8-7-16-11-5-9(12(14)15-2)3-4-10(11)6-13-8/h3-9,12H,10-11H2,1-2H3;2-8,11,25H,9-10H2,1H3,(H,22,24);3-5,8,13H,6-7H2,1-2H3/t12-;11-;8-/m000/s1. The summed E-state index contributed by atoms with van der Waals surface area (Å²) < 4.78 is 105. The van der Waals surface area contributed by atoms with Crippen LogP contribution in [0.25, 0.3) is 0 Å². The van der Waals surface area contributed by atoms with Gasteiger partial charge in [-0.05, 0) is 93.6 Å². The summed E-state index contributed by atoms with van der Waals surface area (Å²) in [5, 5.41) is 12.1. The van der Waals surface area contributed by atoms with Gasteiger partial charge in [-0.1, -0.05) is 30.3 Å². The Morgan fingerprint density at radius 3 is 1.46 bits per heavy atom. The molecule has 0 unspecified atom stereocenters. The summed E-state index contributed by atoms with van der Waals surface area (Å²) in [5.41, 5.74) is 4.80. The van der Waals surface area contributed by atoms with Crippen molar-refractivity contribution in [1.82, 2.24) is 10.8 Å². The summed E-state index contributed by atoms with van der Waals surface area (Å²) in [6, 6.07) is 25.4. The number of hydrogen-bond acceptors (Lipinski definition) is 12. The van der Waals surface area contributed by atoms with E-state index in [1.165, 1.54) is 38.5 Å². The summed E-state index contributed by atoms with van der Waals surface area (Å²) in [7, 11) is 2.67. The lowest BCUT2D eigenvalue weighted by atomic mass is 10.1. The quantitative estimate of drug-likeness (QED) is 0.0668. The Morgan fingerprint density at radius 1 is 0.603 bits per heavy atom. The molecule has 3 N–H and O–H groups in total. The van der Waals surface area contributed by atoms with E-state index in [1.54, 1.807) is 54.0 Å². The van der Waals surface area contributed by atoms with Crippen molar-refractivity contribution in [2.75, 3.05) is 43.8 Å². The molecule has 0 saturated heterocycles. The number of ether oxygens (including phenoxy) is 5. The van der Waals surface area contributed by atoms with Crippen LogP contribution in [0.2, 0.25) is 0 Å². The largest absolute Gasteiger partial charge is 0.492 e. The summed E-state index contributed by atoms with van der Waals surface area (Å²) in [5.74, 6) is 0.296. The first kappa shape index (κ1) is 50.4. The van der Waals surface area contributed by atoms with Crippen LogP contribution in [0.1, 0.15) is 79.7 Å². The van der Waals surface area contributed by atoms with Gasteiger partial charge in [0.2, 0.25) is 0 Å². The number of amides is 1. The van der Waals surface area contributed by atoms with Gasteiger partial charge in [0.15, 0.2) is 0 Å². The highest BCUT2D eigenvalue weighted by Gasteiger charge is 2.33. The Kier molecular flexibility index (Phi) is 16.1. The summed E-state index contributed by atoms with van der Waals surface area (Å²) in [4.78, 5) is 38.2. The van der Waals surface area contributed by atoms with Crippen LogP contribution < -0.4 is 34.8 Å². The molecule has 3 heterocycles. The second-order valence-electron chi connectivity index (χ2n) is 16.2. The molecule has 5 aromatic rings. The van der Waals surface area contributed by atoms with Gasteiger partial charge in [-0.25, -0.2) is 15.1 Å². The molecule has 68 heavy (non-hydrogen) atoms. The zero-order chi connectivity index (χ0) is 49.3. The van der Waals surface area contributed by atoms with E-state index >= 15 is 0 Å². The number of fused-ring (bicyclic) bond motifs is 3. The van der Waals surface area contributed by atoms with Gasteiger partial charge in [0.05, 0.1) is 48.6 Å².